The number of nitrogens with one attached hydrogen (secondary N) is 1. The monoisotopic (exact) mass is 631 g/mol. The van der Waals surface area contributed by atoms with Gasteiger partial charge in [-0.2, -0.15) is 0 Å². The van der Waals surface area contributed by atoms with E-state index in [1.807, 2.05) is 30.3 Å². The van der Waals surface area contributed by atoms with Crippen LogP contribution in [-0.2, 0) is 32.6 Å². The third kappa shape index (κ3) is 7.21. The summed E-state index contributed by atoms with van der Waals surface area (Å²) in [7, 11) is -2.09. The lowest BCUT2D eigenvalue weighted by molar-refractivity contribution is -0.159. The minimum absolute atomic E-state index is 0.266. The Kier molecular flexibility index (Phi) is 9.90. The Balaban J connectivity index is 0.000000609. The van der Waals surface area contributed by atoms with Gasteiger partial charge in [-0.3, -0.25) is 9.21 Å². The predicted octanol–water partition coefficient (Wildman–Crippen LogP) is 5.71. The molecule has 2 aliphatic heterocycles. The topological polar surface area (TPSA) is 140 Å². The molecule has 0 amide bonds. The van der Waals surface area contributed by atoms with Gasteiger partial charge in [-0.15, -0.1) is 0 Å². The maximum atomic E-state index is 13.7. The molecule has 11 heteroatoms. The van der Waals surface area contributed by atoms with Gasteiger partial charge in [0.1, 0.15) is 5.75 Å². The Hall–Kier alpha value is -4.61. The van der Waals surface area contributed by atoms with Crippen LogP contribution in [0.1, 0.15) is 48.5 Å². The SMILES string of the molecule is COc1ccc(S(=O)(=O)N2CCc3ccccc32)cc1-c1ccc(CN2CCCCCC2c2ccccc2)[nH]1.O=C(O)C(=O)O. The van der Waals surface area contributed by atoms with Gasteiger partial charge in [0.15, 0.2) is 0 Å². The van der Waals surface area contributed by atoms with Crippen molar-refractivity contribution in [2.75, 3.05) is 24.5 Å². The molecule has 10 nitrogen and oxygen atoms in total. The molecule has 0 aliphatic carbocycles. The van der Waals surface area contributed by atoms with Crippen molar-refractivity contribution >= 4 is 27.6 Å². The summed E-state index contributed by atoms with van der Waals surface area (Å²) in [4.78, 5) is 24.6. The van der Waals surface area contributed by atoms with E-state index in [2.05, 4.69) is 46.3 Å². The number of H-pyrrole nitrogens is 1. The largest absolute Gasteiger partial charge is 0.496 e. The van der Waals surface area contributed by atoms with Crippen LogP contribution in [0, 0.1) is 0 Å². The summed E-state index contributed by atoms with van der Waals surface area (Å²) in [5.74, 6) is -3.01. The number of benzene rings is 3. The van der Waals surface area contributed by atoms with Gasteiger partial charge in [0.05, 0.1) is 17.7 Å². The highest BCUT2D eigenvalue weighted by atomic mass is 32.2. The molecule has 0 radical (unpaired) electrons. The fourth-order valence-corrected chi connectivity index (χ4v) is 7.59. The number of aliphatic carboxylic acids is 2. The van der Waals surface area contributed by atoms with E-state index in [-0.39, 0.29) is 4.90 Å². The molecule has 2 aliphatic rings. The second-order valence-electron chi connectivity index (χ2n) is 11.1. The van der Waals surface area contributed by atoms with Crippen LogP contribution >= 0.6 is 0 Å². The van der Waals surface area contributed by atoms with E-state index in [0.29, 0.717) is 18.3 Å². The molecular weight excluding hydrogens is 594 g/mol. The molecule has 3 N–H and O–H groups in total. The van der Waals surface area contributed by atoms with Crippen LogP contribution in [0.25, 0.3) is 11.3 Å². The van der Waals surface area contributed by atoms with Crippen molar-refractivity contribution in [3.63, 3.8) is 0 Å². The summed E-state index contributed by atoms with van der Waals surface area (Å²) in [5.41, 5.74) is 5.90. The predicted molar refractivity (Wildman–Crippen MR) is 171 cm³/mol. The van der Waals surface area contributed by atoms with Crippen molar-refractivity contribution < 1.29 is 33.0 Å². The summed E-state index contributed by atoms with van der Waals surface area (Å²) >= 11 is 0. The van der Waals surface area contributed by atoms with Crippen molar-refractivity contribution in [1.82, 2.24) is 9.88 Å². The average molecular weight is 632 g/mol. The number of carbonyl (C=O) groups is 2. The van der Waals surface area contributed by atoms with Crippen molar-refractivity contribution in [3.8, 4) is 17.0 Å². The molecule has 3 heterocycles. The minimum Gasteiger partial charge on any atom is -0.496 e. The smallest absolute Gasteiger partial charge is 0.414 e. The minimum atomic E-state index is -3.71. The lowest BCUT2D eigenvalue weighted by atomic mass is 10.0. The first-order valence-electron chi connectivity index (χ1n) is 14.9. The van der Waals surface area contributed by atoms with E-state index in [9.17, 15) is 8.42 Å². The maximum Gasteiger partial charge on any atom is 0.414 e. The molecular formula is C34H37N3O7S. The number of hydrogen-bond donors (Lipinski definition) is 3. The zero-order valence-electron chi connectivity index (χ0n) is 25.1. The number of hydrogen-bond acceptors (Lipinski definition) is 6. The Morgan fingerprint density at radius 1 is 0.889 bits per heavy atom. The number of carboxylic acid groups (broad SMARTS) is 2. The van der Waals surface area contributed by atoms with Gasteiger partial charge in [-0.1, -0.05) is 61.4 Å². The van der Waals surface area contributed by atoms with E-state index in [4.69, 9.17) is 24.5 Å². The van der Waals surface area contributed by atoms with Crippen molar-refractivity contribution in [1.29, 1.82) is 0 Å². The quantitative estimate of drug-likeness (QED) is 0.220. The van der Waals surface area contributed by atoms with Gasteiger partial charge < -0.3 is 19.9 Å². The number of carboxylic acids is 2. The van der Waals surface area contributed by atoms with Gasteiger partial charge in [0, 0.05) is 36.1 Å². The first-order chi connectivity index (χ1) is 21.7. The Bertz CT molecular complexity index is 1740. The third-order valence-corrected chi connectivity index (χ3v) is 10.1. The summed E-state index contributed by atoms with van der Waals surface area (Å²) in [6.07, 6.45) is 5.58. The summed E-state index contributed by atoms with van der Waals surface area (Å²) in [6.45, 7) is 2.32. The number of ether oxygens (including phenoxy) is 1. The molecule has 0 spiro atoms. The number of aromatic amines is 1. The number of anilines is 1. The fraction of sp³-hybridized carbons (Fsp3) is 0.294. The van der Waals surface area contributed by atoms with Gasteiger partial charge in [0.25, 0.3) is 10.0 Å². The number of rotatable bonds is 7. The third-order valence-electron chi connectivity index (χ3n) is 8.24. The molecule has 6 rings (SSSR count). The lowest BCUT2D eigenvalue weighted by Crippen LogP contribution is -2.29. The van der Waals surface area contributed by atoms with E-state index >= 15 is 0 Å². The van der Waals surface area contributed by atoms with E-state index in [1.165, 1.54) is 29.1 Å². The number of likely N-dealkylation sites (tertiary alicyclic amines) is 1. The van der Waals surface area contributed by atoms with Gasteiger partial charge in [0.2, 0.25) is 0 Å². The highest BCUT2D eigenvalue weighted by Gasteiger charge is 2.31. The number of aromatic nitrogens is 1. The van der Waals surface area contributed by atoms with Crippen LogP contribution in [0.4, 0.5) is 5.69 Å². The fourth-order valence-electron chi connectivity index (χ4n) is 6.06. The number of methoxy groups -OCH3 is 1. The Labute approximate surface area is 262 Å². The van der Waals surface area contributed by atoms with Gasteiger partial charge >= 0.3 is 11.9 Å². The first-order valence-corrected chi connectivity index (χ1v) is 16.3. The van der Waals surface area contributed by atoms with Crippen molar-refractivity contribution in [3.05, 3.63) is 102 Å². The molecule has 4 aromatic rings. The van der Waals surface area contributed by atoms with Crippen molar-refractivity contribution in [2.45, 2.75) is 49.6 Å². The molecule has 1 fully saturated rings. The number of fused-ring (bicyclic) bond motifs is 1. The molecule has 1 saturated heterocycles. The summed E-state index contributed by atoms with van der Waals surface area (Å²) in [5, 5.41) is 14.8. The van der Waals surface area contributed by atoms with Gasteiger partial charge in [-0.25, -0.2) is 18.0 Å². The second kappa shape index (κ2) is 14.0. The Morgan fingerprint density at radius 2 is 1.62 bits per heavy atom. The summed E-state index contributed by atoms with van der Waals surface area (Å²) in [6, 6.07) is 28.2. The number of para-hydroxylation sites is 1. The van der Waals surface area contributed by atoms with Crippen LogP contribution in [0.5, 0.6) is 5.75 Å². The second-order valence-corrected chi connectivity index (χ2v) is 12.9. The standard InChI is InChI=1S/C32H35N3O3S.C2H2O4/c1-38-32-18-16-27(39(36,37)35-21-19-25-12-7-8-14-31(25)35)22-28(32)29-17-15-26(33-29)23-34-20-9-3-6-13-30(34)24-10-4-2-5-11-24;3-1(4)2(5)6/h2,4-5,7-8,10-12,14-18,22,30,33H,3,6,9,13,19-21,23H2,1H3;(H,3,4)(H,5,6). The highest BCUT2D eigenvalue weighted by Crippen LogP contribution is 2.37. The molecule has 0 bridgehead atoms. The molecule has 3 aromatic carbocycles. The molecule has 1 atom stereocenters. The zero-order chi connectivity index (χ0) is 32.0. The molecule has 236 valence electrons. The maximum absolute atomic E-state index is 13.7. The van der Waals surface area contributed by atoms with E-state index in [1.54, 1.807) is 25.3 Å². The Morgan fingerprint density at radius 3 is 2.36 bits per heavy atom. The highest BCUT2D eigenvalue weighted by molar-refractivity contribution is 7.92. The van der Waals surface area contributed by atoms with Crippen LogP contribution in [0.2, 0.25) is 0 Å². The van der Waals surface area contributed by atoms with E-state index < -0.39 is 22.0 Å². The summed E-state index contributed by atoms with van der Waals surface area (Å²) < 4.78 is 34.6. The first kappa shape index (κ1) is 31.8. The van der Waals surface area contributed by atoms with Crippen LogP contribution < -0.4 is 9.04 Å². The van der Waals surface area contributed by atoms with Crippen LogP contribution in [0.15, 0.2) is 89.8 Å². The van der Waals surface area contributed by atoms with Gasteiger partial charge in [-0.05, 0) is 73.3 Å². The van der Waals surface area contributed by atoms with Crippen LogP contribution in [0.3, 0.4) is 0 Å². The number of sulfonamides is 1. The molecule has 1 unspecified atom stereocenters. The average Bonchev–Trinajstić information content (AvgIpc) is 3.64. The van der Waals surface area contributed by atoms with E-state index in [0.717, 1.165) is 54.1 Å². The number of nitrogens with zero attached hydrogens (tertiary/aromatic N) is 2. The normalized spacial score (nSPS) is 16.6. The molecule has 45 heavy (non-hydrogen) atoms. The molecule has 0 saturated carbocycles. The van der Waals surface area contributed by atoms with Crippen molar-refractivity contribution in [2.24, 2.45) is 0 Å². The van der Waals surface area contributed by atoms with Crippen LogP contribution in [-0.4, -0.2) is 60.7 Å². The molecule has 1 aromatic heterocycles. The lowest BCUT2D eigenvalue weighted by Gasteiger charge is -2.30. The zero-order valence-corrected chi connectivity index (χ0v) is 25.9.